The van der Waals surface area contributed by atoms with E-state index in [0.717, 1.165) is 24.7 Å². The van der Waals surface area contributed by atoms with Crippen molar-refractivity contribution in [3.63, 3.8) is 0 Å². The molecule has 1 fully saturated rings. The molecule has 21 heavy (non-hydrogen) atoms. The quantitative estimate of drug-likeness (QED) is 0.914. The molecule has 0 aliphatic carbocycles. The Morgan fingerprint density at radius 1 is 1.05 bits per heavy atom. The molecule has 0 radical (unpaired) electrons. The maximum atomic E-state index is 5.82. The summed E-state index contributed by atoms with van der Waals surface area (Å²) < 4.78 is 11.5. The van der Waals surface area contributed by atoms with Crippen LogP contribution in [0.3, 0.4) is 0 Å². The average Bonchev–Trinajstić information content (AvgIpc) is 2.56. The average molecular weight is 284 g/mol. The number of rotatable bonds is 5. The van der Waals surface area contributed by atoms with E-state index in [0.29, 0.717) is 11.9 Å². The van der Waals surface area contributed by atoms with E-state index in [1.54, 1.807) is 6.20 Å². The fourth-order valence-electron chi connectivity index (χ4n) is 2.40. The van der Waals surface area contributed by atoms with Crippen LogP contribution in [-0.2, 0) is 0 Å². The maximum absolute atomic E-state index is 5.82. The monoisotopic (exact) mass is 284 g/mol. The van der Waals surface area contributed by atoms with E-state index in [2.05, 4.69) is 10.3 Å². The molecule has 0 spiro atoms. The largest absolute Gasteiger partial charge is 0.492 e. The minimum absolute atomic E-state index is 0.475. The molecule has 1 aromatic heterocycles. The smallest absolute Gasteiger partial charge is 0.219 e. The van der Waals surface area contributed by atoms with Crippen molar-refractivity contribution >= 4 is 0 Å². The van der Waals surface area contributed by atoms with Gasteiger partial charge in [0.1, 0.15) is 18.1 Å². The Kier molecular flexibility index (Phi) is 4.69. The number of hydrogen-bond donors (Lipinski definition) is 1. The summed E-state index contributed by atoms with van der Waals surface area (Å²) in [4.78, 5) is 4.13. The third-order valence-corrected chi connectivity index (χ3v) is 3.55. The summed E-state index contributed by atoms with van der Waals surface area (Å²) >= 11 is 0. The van der Waals surface area contributed by atoms with Crippen LogP contribution in [0.5, 0.6) is 17.4 Å². The first-order valence-electron chi connectivity index (χ1n) is 7.45. The molecule has 2 aromatic rings. The van der Waals surface area contributed by atoms with Crippen molar-refractivity contribution in [2.45, 2.75) is 25.3 Å². The second-order valence-electron chi connectivity index (χ2n) is 5.20. The first-order chi connectivity index (χ1) is 10.4. The van der Waals surface area contributed by atoms with Crippen molar-refractivity contribution in [1.82, 2.24) is 10.3 Å². The molecule has 4 heteroatoms. The van der Waals surface area contributed by atoms with Crippen LogP contribution in [0.2, 0.25) is 0 Å². The van der Waals surface area contributed by atoms with Crippen LogP contribution in [0.1, 0.15) is 19.3 Å². The molecule has 1 N–H and O–H groups in total. The molecule has 110 valence electrons. The van der Waals surface area contributed by atoms with Gasteiger partial charge in [0.25, 0.3) is 0 Å². The zero-order valence-corrected chi connectivity index (χ0v) is 12.0. The molecule has 0 unspecified atom stereocenters. The van der Waals surface area contributed by atoms with Crippen molar-refractivity contribution in [3.05, 3.63) is 48.7 Å². The lowest BCUT2D eigenvalue weighted by atomic mass is 10.1. The molecule has 0 saturated carbocycles. The van der Waals surface area contributed by atoms with E-state index >= 15 is 0 Å². The lowest BCUT2D eigenvalue weighted by Gasteiger charge is -2.23. The second kappa shape index (κ2) is 7.09. The Morgan fingerprint density at radius 3 is 2.62 bits per heavy atom. The molecule has 1 aliphatic rings. The van der Waals surface area contributed by atoms with Crippen molar-refractivity contribution < 1.29 is 9.47 Å². The Hall–Kier alpha value is -2.07. The summed E-state index contributed by atoms with van der Waals surface area (Å²) in [7, 11) is 0. The maximum Gasteiger partial charge on any atom is 0.219 e. The lowest BCUT2D eigenvalue weighted by molar-refractivity contribution is 0.239. The Morgan fingerprint density at radius 2 is 1.90 bits per heavy atom. The van der Waals surface area contributed by atoms with E-state index < -0.39 is 0 Å². The second-order valence-corrected chi connectivity index (χ2v) is 5.20. The SMILES string of the molecule is c1ccc(Oc2ccc(OC[C@H]3CCCCN3)cc2)nc1. The molecule has 1 aliphatic heterocycles. The predicted octanol–water partition coefficient (Wildman–Crippen LogP) is 3.39. The van der Waals surface area contributed by atoms with Gasteiger partial charge in [-0.1, -0.05) is 12.5 Å². The lowest BCUT2D eigenvalue weighted by Crippen LogP contribution is -2.38. The van der Waals surface area contributed by atoms with E-state index in [4.69, 9.17) is 9.47 Å². The topological polar surface area (TPSA) is 43.4 Å². The van der Waals surface area contributed by atoms with E-state index in [1.165, 1.54) is 19.3 Å². The van der Waals surface area contributed by atoms with Gasteiger partial charge in [-0.15, -0.1) is 0 Å². The summed E-state index contributed by atoms with van der Waals surface area (Å²) in [5.74, 6) is 2.23. The van der Waals surface area contributed by atoms with Crippen molar-refractivity contribution in [2.75, 3.05) is 13.2 Å². The number of nitrogens with zero attached hydrogens (tertiary/aromatic N) is 1. The standard InChI is InChI=1S/C17H20N2O2/c1-3-11-18-14(5-1)13-20-15-7-9-16(10-8-15)21-17-6-2-4-12-19-17/h2,4,6-10,12,14,18H,1,3,5,11,13H2/t14-/m1/s1. The van der Waals surface area contributed by atoms with Crippen LogP contribution in [0, 0.1) is 0 Å². The molecule has 3 rings (SSSR count). The summed E-state index contributed by atoms with van der Waals surface area (Å²) in [6.45, 7) is 1.82. The summed E-state index contributed by atoms with van der Waals surface area (Å²) in [6, 6.07) is 13.7. The first-order valence-corrected chi connectivity index (χ1v) is 7.45. The summed E-state index contributed by atoms with van der Waals surface area (Å²) in [5.41, 5.74) is 0. The van der Waals surface area contributed by atoms with Crippen LogP contribution >= 0.6 is 0 Å². The molecular weight excluding hydrogens is 264 g/mol. The molecule has 4 nitrogen and oxygen atoms in total. The highest BCUT2D eigenvalue weighted by molar-refractivity contribution is 5.33. The minimum atomic E-state index is 0.475. The molecule has 0 bridgehead atoms. The first kappa shape index (κ1) is 13.9. The molecular formula is C17H20N2O2. The molecule has 0 amide bonds. The fourth-order valence-corrected chi connectivity index (χ4v) is 2.40. The third kappa shape index (κ3) is 4.20. The predicted molar refractivity (Wildman–Crippen MR) is 81.9 cm³/mol. The normalized spacial score (nSPS) is 18.2. The zero-order chi connectivity index (χ0) is 14.3. The number of nitrogens with one attached hydrogen (secondary N) is 1. The number of aromatic nitrogens is 1. The van der Waals surface area contributed by atoms with Crippen LogP contribution in [0.15, 0.2) is 48.7 Å². The van der Waals surface area contributed by atoms with Gasteiger partial charge >= 0.3 is 0 Å². The highest BCUT2D eigenvalue weighted by atomic mass is 16.5. The van der Waals surface area contributed by atoms with E-state index in [-0.39, 0.29) is 0 Å². The van der Waals surface area contributed by atoms with Crippen LogP contribution in [-0.4, -0.2) is 24.2 Å². The zero-order valence-electron chi connectivity index (χ0n) is 12.0. The fraction of sp³-hybridized carbons (Fsp3) is 0.353. The van der Waals surface area contributed by atoms with Crippen LogP contribution in [0.4, 0.5) is 0 Å². The van der Waals surface area contributed by atoms with Gasteiger partial charge in [0, 0.05) is 18.3 Å². The van der Waals surface area contributed by atoms with Gasteiger partial charge in [0.2, 0.25) is 5.88 Å². The number of pyridine rings is 1. The van der Waals surface area contributed by atoms with Gasteiger partial charge < -0.3 is 14.8 Å². The number of ether oxygens (including phenoxy) is 2. The molecule has 1 atom stereocenters. The highest BCUT2D eigenvalue weighted by Crippen LogP contribution is 2.22. The van der Waals surface area contributed by atoms with Crippen LogP contribution in [0.25, 0.3) is 0 Å². The third-order valence-electron chi connectivity index (χ3n) is 3.55. The molecule has 1 aromatic carbocycles. The summed E-state index contributed by atoms with van der Waals surface area (Å²) in [5, 5.41) is 3.48. The number of benzene rings is 1. The van der Waals surface area contributed by atoms with Gasteiger partial charge in [-0.05, 0) is 49.7 Å². The van der Waals surface area contributed by atoms with Gasteiger partial charge in [0.05, 0.1) is 0 Å². The Labute approximate surface area is 125 Å². The number of piperidine rings is 1. The van der Waals surface area contributed by atoms with Crippen molar-refractivity contribution in [3.8, 4) is 17.4 Å². The van der Waals surface area contributed by atoms with Gasteiger partial charge in [0.15, 0.2) is 0 Å². The Bertz CT molecular complexity index is 536. The van der Waals surface area contributed by atoms with E-state index in [9.17, 15) is 0 Å². The van der Waals surface area contributed by atoms with Crippen molar-refractivity contribution in [2.24, 2.45) is 0 Å². The van der Waals surface area contributed by atoms with Gasteiger partial charge in [-0.3, -0.25) is 0 Å². The highest BCUT2D eigenvalue weighted by Gasteiger charge is 2.12. The van der Waals surface area contributed by atoms with E-state index in [1.807, 2.05) is 42.5 Å². The summed E-state index contributed by atoms with van der Waals surface area (Å²) in [6.07, 6.45) is 5.47. The van der Waals surface area contributed by atoms with Crippen LogP contribution < -0.4 is 14.8 Å². The van der Waals surface area contributed by atoms with Gasteiger partial charge in [-0.2, -0.15) is 0 Å². The van der Waals surface area contributed by atoms with Crippen molar-refractivity contribution in [1.29, 1.82) is 0 Å². The minimum Gasteiger partial charge on any atom is -0.492 e. The van der Waals surface area contributed by atoms with Gasteiger partial charge in [-0.25, -0.2) is 4.98 Å². The number of hydrogen-bond acceptors (Lipinski definition) is 4. The Balaban J connectivity index is 1.51. The molecule has 1 saturated heterocycles. The molecule has 2 heterocycles.